The Labute approximate surface area is 141 Å². The largest absolute Gasteiger partial charge is 0.395 e. The van der Waals surface area contributed by atoms with E-state index >= 15 is 0 Å². The number of likely N-dealkylation sites (tertiary alicyclic amines) is 1. The Bertz CT molecular complexity index is 516. The fourth-order valence-electron chi connectivity index (χ4n) is 2.58. The van der Waals surface area contributed by atoms with E-state index in [2.05, 4.69) is 0 Å². The van der Waals surface area contributed by atoms with E-state index in [-0.39, 0.29) is 11.9 Å². The van der Waals surface area contributed by atoms with Crippen LogP contribution in [0.3, 0.4) is 0 Å². The maximum absolute atomic E-state index is 12.2. The highest BCUT2D eigenvalue weighted by molar-refractivity contribution is 7.86. The highest BCUT2D eigenvalue weighted by Crippen LogP contribution is 2.29. The minimum atomic E-state index is -3.66. The van der Waals surface area contributed by atoms with Crippen LogP contribution in [0.2, 0.25) is 13.1 Å². The molecule has 0 saturated carbocycles. The van der Waals surface area contributed by atoms with E-state index in [4.69, 9.17) is 13.3 Å². The lowest BCUT2D eigenvalue weighted by Crippen LogP contribution is -2.51. The molecular formula is C14H29NO6SSi. The van der Waals surface area contributed by atoms with Gasteiger partial charge in [-0.25, -0.2) is 4.18 Å². The Morgan fingerprint density at radius 1 is 1.30 bits per heavy atom. The van der Waals surface area contributed by atoms with E-state index in [0.717, 1.165) is 6.26 Å². The number of ether oxygens (including phenoxy) is 1. The van der Waals surface area contributed by atoms with Gasteiger partial charge in [0.15, 0.2) is 15.3 Å². The van der Waals surface area contributed by atoms with Gasteiger partial charge >= 0.3 is 0 Å². The molecule has 2 unspecified atom stereocenters. The molecule has 1 amide bonds. The lowest BCUT2D eigenvalue weighted by Gasteiger charge is -2.38. The number of hydrogen-bond donors (Lipinski definition) is 0. The third kappa shape index (κ3) is 6.88. The summed E-state index contributed by atoms with van der Waals surface area (Å²) in [5, 5.41) is 0. The van der Waals surface area contributed by atoms with Crippen molar-refractivity contribution in [3.8, 4) is 0 Å². The number of rotatable bonds is 7. The zero-order valence-corrected chi connectivity index (χ0v) is 17.0. The molecule has 1 aliphatic heterocycles. The highest BCUT2D eigenvalue weighted by atomic mass is 32.2. The van der Waals surface area contributed by atoms with Crippen LogP contribution in [0.1, 0.15) is 40.5 Å². The van der Waals surface area contributed by atoms with Crippen LogP contribution in [0.15, 0.2) is 0 Å². The predicted molar refractivity (Wildman–Crippen MR) is 89.8 cm³/mol. The second kappa shape index (κ2) is 7.60. The summed E-state index contributed by atoms with van der Waals surface area (Å²) in [7, 11) is -5.08. The summed E-state index contributed by atoms with van der Waals surface area (Å²) >= 11 is 0. The summed E-state index contributed by atoms with van der Waals surface area (Å²) < 4.78 is 39.7. The summed E-state index contributed by atoms with van der Waals surface area (Å²) in [6.45, 7) is 11.4. The first kappa shape index (κ1) is 20.6. The van der Waals surface area contributed by atoms with Crippen LogP contribution in [-0.2, 0) is 28.3 Å². The van der Waals surface area contributed by atoms with Crippen molar-refractivity contribution >= 4 is 25.1 Å². The van der Waals surface area contributed by atoms with E-state index in [1.807, 2.05) is 33.9 Å². The van der Waals surface area contributed by atoms with Crippen LogP contribution in [0.5, 0.6) is 0 Å². The predicted octanol–water partition coefficient (Wildman–Crippen LogP) is 1.44. The number of hydrogen-bond acceptors (Lipinski definition) is 6. The molecule has 0 spiro atoms. The highest BCUT2D eigenvalue weighted by Gasteiger charge is 2.43. The average Bonchev–Trinajstić information content (AvgIpc) is 2.65. The van der Waals surface area contributed by atoms with E-state index in [0.29, 0.717) is 12.8 Å². The molecule has 0 aromatic rings. The van der Waals surface area contributed by atoms with E-state index < -0.39 is 37.3 Å². The Hall–Kier alpha value is -0.483. The smallest absolute Gasteiger partial charge is 0.266 e. The van der Waals surface area contributed by atoms with Gasteiger partial charge in [-0.3, -0.25) is 4.79 Å². The normalized spacial score (nSPS) is 22.7. The minimum Gasteiger partial charge on any atom is -0.395 e. The minimum absolute atomic E-state index is 0.150. The standard InChI is InChI=1S/C14H29NO6SSi/c1-10(20-22(5,17)18)15-11(8-9-12(15)16)13(21-23(6)7)19-14(2,3)4/h10-11,13,23H,8-9H2,1-7H3/t10?,11-,13?/m1/s1. The lowest BCUT2D eigenvalue weighted by atomic mass is 10.1. The van der Waals surface area contributed by atoms with Crippen LogP contribution in [0, 0.1) is 0 Å². The van der Waals surface area contributed by atoms with Crippen molar-refractivity contribution in [3.05, 3.63) is 0 Å². The fourth-order valence-corrected chi connectivity index (χ4v) is 3.95. The Morgan fingerprint density at radius 2 is 1.87 bits per heavy atom. The van der Waals surface area contributed by atoms with Crippen LogP contribution in [-0.4, -0.2) is 58.7 Å². The molecule has 0 N–H and O–H groups in total. The van der Waals surface area contributed by atoms with Gasteiger partial charge < -0.3 is 14.1 Å². The molecule has 1 rings (SSSR count). The average molecular weight is 368 g/mol. The van der Waals surface area contributed by atoms with Gasteiger partial charge in [0.2, 0.25) is 5.91 Å². The Balaban J connectivity index is 3.00. The molecular weight excluding hydrogens is 338 g/mol. The maximum Gasteiger partial charge on any atom is 0.266 e. The first-order valence-electron chi connectivity index (χ1n) is 7.83. The van der Waals surface area contributed by atoms with Crippen LogP contribution in [0.4, 0.5) is 0 Å². The Morgan fingerprint density at radius 3 is 2.30 bits per heavy atom. The molecule has 3 atom stereocenters. The number of nitrogens with zero attached hydrogens (tertiary/aromatic N) is 1. The first-order chi connectivity index (χ1) is 10.3. The van der Waals surface area contributed by atoms with Gasteiger partial charge in [0, 0.05) is 6.42 Å². The SMILES string of the molecule is CC(OS(C)(=O)=O)N1C(=O)CC[C@@H]1C(O[SiH](C)C)OC(C)(C)C. The van der Waals surface area contributed by atoms with Crippen LogP contribution < -0.4 is 0 Å². The van der Waals surface area contributed by atoms with Gasteiger partial charge in [-0.15, -0.1) is 0 Å². The number of carbonyl (C=O) groups is 1. The van der Waals surface area contributed by atoms with Crippen molar-refractivity contribution < 1.29 is 26.6 Å². The molecule has 1 fully saturated rings. The van der Waals surface area contributed by atoms with Crippen molar-refractivity contribution in [2.75, 3.05) is 6.26 Å². The monoisotopic (exact) mass is 367 g/mol. The van der Waals surface area contributed by atoms with Gasteiger partial charge in [0.25, 0.3) is 10.1 Å². The van der Waals surface area contributed by atoms with Crippen molar-refractivity contribution in [2.24, 2.45) is 0 Å². The summed E-state index contributed by atoms with van der Waals surface area (Å²) in [4.78, 5) is 13.7. The molecule has 0 radical (unpaired) electrons. The molecule has 7 nitrogen and oxygen atoms in total. The van der Waals surface area contributed by atoms with E-state index in [9.17, 15) is 13.2 Å². The maximum atomic E-state index is 12.2. The molecule has 1 heterocycles. The van der Waals surface area contributed by atoms with Gasteiger partial charge in [-0.05, 0) is 47.2 Å². The zero-order valence-electron chi connectivity index (χ0n) is 15.0. The number of amides is 1. The second-order valence-electron chi connectivity index (χ2n) is 7.09. The molecule has 23 heavy (non-hydrogen) atoms. The third-order valence-electron chi connectivity index (χ3n) is 3.20. The summed E-state index contributed by atoms with van der Waals surface area (Å²) in [6.07, 6.45) is 0.389. The van der Waals surface area contributed by atoms with Crippen molar-refractivity contribution in [3.63, 3.8) is 0 Å². The second-order valence-corrected chi connectivity index (χ2v) is 11.1. The van der Waals surface area contributed by atoms with Gasteiger partial charge in [-0.1, -0.05) is 0 Å². The van der Waals surface area contributed by atoms with Crippen LogP contribution >= 0.6 is 0 Å². The zero-order chi connectivity index (χ0) is 18.0. The molecule has 1 saturated heterocycles. The van der Waals surface area contributed by atoms with Gasteiger partial charge in [0.05, 0.1) is 17.9 Å². The lowest BCUT2D eigenvalue weighted by molar-refractivity contribution is -0.192. The fraction of sp³-hybridized carbons (Fsp3) is 0.929. The summed E-state index contributed by atoms with van der Waals surface area (Å²) in [5.74, 6) is -0.150. The van der Waals surface area contributed by atoms with Gasteiger partial charge in [0.1, 0.15) is 6.23 Å². The molecule has 0 aromatic heterocycles. The van der Waals surface area contributed by atoms with E-state index in [1.54, 1.807) is 6.92 Å². The van der Waals surface area contributed by atoms with Gasteiger partial charge in [-0.2, -0.15) is 8.42 Å². The molecule has 0 bridgehead atoms. The molecule has 9 heteroatoms. The third-order valence-corrected chi connectivity index (χ3v) is 4.64. The number of carbonyl (C=O) groups excluding carboxylic acids is 1. The molecule has 0 aromatic carbocycles. The van der Waals surface area contributed by atoms with Crippen molar-refractivity contribution in [1.82, 2.24) is 4.90 Å². The quantitative estimate of drug-likeness (QED) is 0.385. The van der Waals surface area contributed by atoms with Crippen molar-refractivity contribution in [1.29, 1.82) is 0 Å². The molecule has 136 valence electrons. The molecule has 1 aliphatic rings. The topological polar surface area (TPSA) is 82.1 Å². The van der Waals surface area contributed by atoms with E-state index in [1.165, 1.54) is 4.90 Å². The summed E-state index contributed by atoms with van der Waals surface area (Å²) in [6, 6.07) is -0.353. The Kier molecular flexibility index (Phi) is 6.80. The first-order valence-corrected chi connectivity index (χ1v) is 12.4. The van der Waals surface area contributed by atoms with Crippen LogP contribution in [0.25, 0.3) is 0 Å². The van der Waals surface area contributed by atoms with Crippen molar-refractivity contribution in [2.45, 2.75) is 77.8 Å². The molecule has 0 aliphatic carbocycles. The summed E-state index contributed by atoms with van der Waals surface area (Å²) in [5.41, 5.74) is -0.438.